The number of fused-ring (bicyclic) bond motifs is 1. The van der Waals surface area contributed by atoms with E-state index in [1.165, 1.54) is 0 Å². The zero-order valence-corrected chi connectivity index (χ0v) is 16.8. The third kappa shape index (κ3) is 3.70. The van der Waals surface area contributed by atoms with Crippen molar-refractivity contribution in [1.82, 2.24) is 15.0 Å². The number of hydrogen-bond acceptors (Lipinski definition) is 5. The van der Waals surface area contributed by atoms with Gasteiger partial charge in [0.05, 0.1) is 5.39 Å². The van der Waals surface area contributed by atoms with Gasteiger partial charge in [-0.15, -0.1) is 11.3 Å². The molecule has 4 nitrogen and oxygen atoms in total. The maximum absolute atomic E-state index is 6.03. The molecule has 2 aromatic carbocycles. The van der Waals surface area contributed by atoms with Crippen LogP contribution >= 0.6 is 22.9 Å². The van der Waals surface area contributed by atoms with Gasteiger partial charge in [0, 0.05) is 21.8 Å². The summed E-state index contributed by atoms with van der Waals surface area (Å²) in [6.45, 7) is 0. The molecule has 0 aliphatic carbocycles. The van der Waals surface area contributed by atoms with Crippen LogP contribution in [0.1, 0.15) is 0 Å². The molecule has 0 unspecified atom stereocenters. The summed E-state index contributed by atoms with van der Waals surface area (Å²) in [7, 11) is 0. The second-order valence-electron chi connectivity index (χ2n) is 6.44. The highest BCUT2D eigenvalue weighted by molar-refractivity contribution is 7.22. The molecule has 0 fully saturated rings. The van der Waals surface area contributed by atoms with Crippen LogP contribution in [0.2, 0.25) is 5.02 Å². The molecule has 0 amide bonds. The first-order chi connectivity index (χ1) is 14.3. The summed E-state index contributed by atoms with van der Waals surface area (Å²) in [6, 6.07) is 25.7. The number of hydrogen-bond donors (Lipinski definition) is 1. The van der Waals surface area contributed by atoms with E-state index in [1.807, 2.05) is 60.7 Å². The Hall–Kier alpha value is -3.28. The van der Waals surface area contributed by atoms with E-state index >= 15 is 0 Å². The highest BCUT2D eigenvalue weighted by atomic mass is 35.5. The Bertz CT molecular complexity index is 1270. The normalized spacial score (nSPS) is 10.9. The molecule has 0 aliphatic heterocycles. The van der Waals surface area contributed by atoms with Gasteiger partial charge in [0.2, 0.25) is 0 Å². The lowest BCUT2D eigenvalue weighted by Gasteiger charge is -2.09. The second kappa shape index (κ2) is 7.62. The van der Waals surface area contributed by atoms with Gasteiger partial charge in [0.1, 0.15) is 16.3 Å². The van der Waals surface area contributed by atoms with Gasteiger partial charge in [-0.25, -0.2) is 9.97 Å². The predicted octanol–water partition coefficient (Wildman–Crippen LogP) is 6.82. The van der Waals surface area contributed by atoms with Crippen LogP contribution in [0.5, 0.6) is 0 Å². The number of halogens is 1. The summed E-state index contributed by atoms with van der Waals surface area (Å²) < 4.78 is 0. The smallest absolute Gasteiger partial charge is 0.181 e. The van der Waals surface area contributed by atoms with Crippen LogP contribution in [0.25, 0.3) is 32.2 Å². The highest BCUT2D eigenvalue weighted by Gasteiger charge is 2.15. The number of aromatic nitrogens is 3. The Morgan fingerprint density at radius 3 is 2.38 bits per heavy atom. The zero-order chi connectivity index (χ0) is 19.6. The minimum atomic E-state index is 0.594. The van der Waals surface area contributed by atoms with E-state index in [4.69, 9.17) is 21.6 Å². The lowest BCUT2D eigenvalue weighted by molar-refractivity contribution is 1.18. The molecule has 5 aromatic rings. The van der Waals surface area contributed by atoms with Gasteiger partial charge in [-0.3, -0.25) is 4.98 Å². The second-order valence-corrected chi connectivity index (χ2v) is 7.91. The first-order valence-electron chi connectivity index (χ1n) is 9.07. The van der Waals surface area contributed by atoms with Crippen LogP contribution in [0.15, 0.2) is 85.1 Å². The molecule has 0 bridgehead atoms. The highest BCUT2D eigenvalue weighted by Crippen LogP contribution is 2.37. The number of thiophene rings is 1. The molecule has 5 rings (SSSR count). The third-order valence-electron chi connectivity index (χ3n) is 4.45. The Labute approximate surface area is 176 Å². The van der Waals surface area contributed by atoms with Crippen molar-refractivity contribution in [2.75, 3.05) is 5.32 Å². The molecule has 0 spiro atoms. The van der Waals surface area contributed by atoms with Crippen molar-refractivity contribution < 1.29 is 0 Å². The average Bonchev–Trinajstić information content (AvgIpc) is 3.21. The fourth-order valence-electron chi connectivity index (χ4n) is 3.04. The van der Waals surface area contributed by atoms with E-state index in [-0.39, 0.29) is 0 Å². The summed E-state index contributed by atoms with van der Waals surface area (Å²) in [6.07, 6.45) is 1.75. The summed E-state index contributed by atoms with van der Waals surface area (Å²) >= 11 is 7.67. The van der Waals surface area contributed by atoms with E-state index in [2.05, 4.69) is 28.5 Å². The van der Waals surface area contributed by atoms with Crippen LogP contribution in [0, 0.1) is 0 Å². The van der Waals surface area contributed by atoms with Gasteiger partial charge in [-0.05, 0) is 48.0 Å². The maximum Gasteiger partial charge on any atom is 0.181 e. The van der Waals surface area contributed by atoms with Gasteiger partial charge in [0.25, 0.3) is 0 Å². The monoisotopic (exact) mass is 414 g/mol. The number of benzene rings is 2. The van der Waals surface area contributed by atoms with Crippen molar-refractivity contribution in [3.05, 3.63) is 90.1 Å². The Kier molecular flexibility index (Phi) is 4.68. The predicted molar refractivity (Wildman–Crippen MR) is 121 cm³/mol. The number of rotatable bonds is 4. The Morgan fingerprint density at radius 1 is 0.828 bits per heavy atom. The molecule has 1 N–H and O–H groups in total. The zero-order valence-electron chi connectivity index (χ0n) is 15.2. The molecule has 0 aliphatic rings. The van der Waals surface area contributed by atoms with E-state index in [0.29, 0.717) is 10.8 Å². The molecule has 0 atom stereocenters. The number of anilines is 2. The van der Waals surface area contributed by atoms with Crippen LogP contribution in [0.3, 0.4) is 0 Å². The molecule has 6 heteroatoms. The molecule has 29 heavy (non-hydrogen) atoms. The molecule has 3 heterocycles. The lowest BCUT2D eigenvalue weighted by Crippen LogP contribution is -1.98. The van der Waals surface area contributed by atoms with Gasteiger partial charge >= 0.3 is 0 Å². The summed E-state index contributed by atoms with van der Waals surface area (Å²) in [4.78, 5) is 16.1. The van der Waals surface area contributed by atoms with Crippen molar-refractivity contribution in [1.29, 1.82) is 0 Å². The van der Waals surface area contributed by atoms with Gasteiger partial charge < -0.3 is 5.32 Å². The van der Waals surface area contributed by atoms with Crippen LogP contribution in [0.4, 0.5) is 11.5 Å². The van der Waals surface area contributed by atoms with Gasteiger partial charge in [0.15, 0.2) is 5.82 Å². The maximum atomic E-state index is 6.03. The number of pyridine rings is 1. The van der Waals surface area contributed by atoms with Crippen molar-refractivity contribution in [3.8, 4) is 22.0 Å². The summed E-state index contributed by atoms with van der Waals surface area (Å²) in [5.74, 6) is 1.34. The minimum Gasteiger partial charge on any atom is -0.340 e. The summed E-state index contributed by atoms with van der Waals surface area (Å²) in [5.41, 5.74) is 2.81. The number of nitrogens with zero attached hydrogens (tertiary/aromatic N) is 3. The van der Waals surface area contributed by atoms with Crippen LogP contribution < -0.4 is 5.32 Å². The van der Waals surface area contributed by atoms with Crippen molar-refractivity contribution in [3.63, 3.8) is 0 Å². The van der Waals surface area contributed by atoms with Crippen molar-refractivity contribution >= 4 is 44.7 Å². The summed E-state index contributed by atoms with van der Waals surface area (Å²) in [5, 5.41) is 5.09. The van der Waals surface area contributed by atoms with E-state index < -0.39 is 0 Å². The van der Waals surface area contributed by atoms with E-state index in [1.54, 1.807) is 17.5 Å². The fraction of sp³-hybridized carbons (Fsp3) is 0. The Balaban J connectivity index is 1.67. The standard InChI is InChI=1S/C23H15ClN4S/c24-16-9-11-17(12-10-16)26-21-18-14-20(15-6-2-1-3-7-15)29-23(18)28-22(27-21)19-8-4-5-13-25-19/h1-14H,(H,26,27,28). The largest absolute Gasteiger partial charge is 0.340 e. The molecule has 0 saturated heterocycles. The molecule has 3 aromatic heterocycles. The van der Waals surface area contributed by atoms with E-state index in [9.17, 15) is 0 Å². The quantitative estimate of drug-likeness (QED) is 0.350. The van der Waals surface area contributed by atoms with Crippen LogP contribution in [-0.4, -0.2) is 15.0 Å². The van der Waals surface area contributed by atoms with Gasteiger partial charge in [-0.1, -0.05) is 48.0 Å². The van der Waals surface area contributed by atoms with Crippen molar-refractivity contribution in [2.45, 2.75) is 0 Å². The first-order valence-corrected chi connectivity index (χ1v) is 10.3. The fourth-order valence-corrected chi connectivity index (χ4v) is 4.20. The molecule has 0 saturated carbocycles. The molecule has 140 valence electrons. The average molecular weight is 415 g/mol. The van der Waals surface area contributed by atoms with Crippen molar-refractivity contribution in [2.24, 2.45) is 0 Å². The van der Waals surface area contributed by atoms with Gasteiger partial charge in [-0.2, -0.15) is 0 Å². The topological polar surface area (TPSA) is 50.7 Å². The number of nitrogens with one attached hydrogen (secondary N) is 1. The molecule has 0 radical (unpaired) electrons. The lowest BCUT2D eigenvalue weighted by atomic mass is 10.2. The minimum absolute atomic E-state index is 0.594. The first kappa shape index (κ1) is 17.8. The SMILES string of the molecule is Clc1ccc(Nc2nc(-c3ccccn3)nc3sc(-c4ccccc4)cc23)cc1. The molecular formula is C23H15ClN4S. The Morgan fingerprint density at radius 2 is 1.62 bits per heavy atom. The molecular weight excluding hydrogens is 400 g/mol. The van der Waals surface area contributed by atoms with E-state index in [0.717, 1.165) is 37.9 Å². The third-order valence-corrected chi connectivity index (χ3v) is 5.78. The van der Waals surface area contributed by atoms with Crippen LogP contribution in [-0.2, 0) is 0 Å².